The third-order valence-electron chi connectivity index (χ3n) is 4.61. The van der Waals surface area contributed by atoms with Gasteiger partial charge in [-0.05, 0) is 58.5 Å². The van der Waals surface area contributed by atoms with Crippen LogP contribution in [-0.4, -0.2) is 41.2 Å². The first-order valence-corrected chi connectivity index (χ1v) is 8.33. The number of aryl methyl sites for hydroxylation is 2. The molecule has 0 saturated carbocycles. The molecule has 1 aromatic heterocycles. The summed E-state index contributed by atoms with van der Waals surface area (Å²) in [6.07, 6.45) is 0. The predicted molar refractivity (Wildman–Crippen MR) is 97.1 cm³/mol. The summed E-state index contributed by atoms with van der Waals surface area (Å²) >= 11 is 0. The normalized spacial score (nSPS) is 12.5. The number of benzene rings is 1. The van der Waals surface area contributed by atoms with Crippen LogP contribution in [0.2, 0.25) is 0 Å². The third kappa shape index (κ3) is 3.85. The van der Waals surface area contributed by atoms with Crippen LogP contribution in [0.3, 0.4) is 0 Å². The van der Waals surface area contributed by atoms with E-state index in [2.05, 4.69) is 24.3 Å². The van der Waals surface area contributed by atoms with E-state index in [1.807, 2.05) is 61.8 Å². The van der Waals surface area contributed by atoms with E-state index in [9.17, 15) is 4.79 Å². The van der Waals surface area contributed by atoms with Gasteiger partial charge < -0.3 is 5.32 Å². The van der Waals surface area contributed by atoms with Gasteiger partial charge in [-0.15, -0.1) is 0 Å². The van der Waals surface area contributed by atoms with Crippen molar-refractivity contribution >= 4 is 5.91 Å². The van der Waals surface area contributed by atoms with Gasteiger partial charge in [0.1, 0.15) is 6.04 Å². The molecular formula is C19H28N4O. The number of likely N-dealkylation sites (N-methyl/N-ethyl adjacent to an activating group) is 1. The molecule has 1 atom stereocenters. The van der Waals surface area contributed by atoms with Gasteiger partial charge >= 0.3 is 0 Å². The molecule has 2 aromatic rings. The Morgan fingerprint density at radius 2 is 1.88 bits per heavy atom. The van der Waals surface area contributed by atoms with Gasteiger partial charge in [-0.1, -0.05) is 24.3 Å². The van der Waals surface area contributed by atoms with Crippen LogP contribution in [0.15, 0.2) is 24.3 Å². The third-order valence-corrected chi connectivity index (χ3v) is 4.61. The Bertz CT molecular complexity index is 718. The number of nitrogens with one attached hydrogen (secondary N) is 1. The van der Waals surface area contributed by atoms with Crippen molar-refractivity contribution in [1.29, 1.82) is 0 Å². The molecule has 5 nitrogen and oxygen atoms in total. The summed E-state index contributed by atoms with van der Waals surface area (Å²) in [6, 6.07) is 7.74. The van der Waals surface area contributed by atoms with Crippen LogP contribution in [0.5, 0.6) is 0 Å². The molecule has 0 aliphatic heterocycles. The van der Waals surface area contributed by atoms with Crippen LogP contribution in [0.1, 0.15) is 34.1 Å². The van der Waals surface area contributed by atoms with Gasteiger partial charge in [-0.25, -0.2) is 0 Å². The number of carbonyl (C=O) groups excluding carboxylic acids is 1. The zero-order valence-electron chi connectivity index (χ0n) is 15.6. The van der Waals surface area contributed by atoms with Crippen LogP contribution in [0, 0.1) is 27.7 Å². The Kier molecular flexibility index (Phi) is 5.78. The number of carbonyl (C=O) groups is 1. The molecule has 0 bridgehead atoms. The van der Waals surface area contributed by atoms with Crippen LogP contribution >= 0.6 is 0 Å². The summed E-state index contributed by atoms with van der Waals surface area (Å²) < 4.78 is 1.96. The van der Waals surface area contributed by atoms with Crippen LogP contribution in [0.25, 0.3) is 0 Å². The first-order chi connectivity index (χ1) is 11.3. The lowest BCUT2D eigenvalue weighted by Crippen LogP contribution is -2.38. The second kappa shape index (κ2) is 7.62. The van der Waals surface area contributed by atoms with Crippen LogP contribution < -0.4 is 5.32 Å². The molecule has 1 heterocycles. The number of aromatic nitrogens is 2. The summed E-state index contributed by atoms with van der Waals surface area (Å²) in [5.74, 6) is 0.0209. The van der Waals surface area contributed by atoms with Gasteiger partial charge in [-0.2, -0.15) is 5.10 Å². The highest BCUT2D eigenvalue weighted by Crippen LogP contribution is 2.21. The summed E-state index contributed by atoms with van der Waals surface area (Å²) in [7, 11) is 3.86. The molecule has 0 aliphatic rings. The van der Waals surface area contributed by atoms with Gasteiger partial charge in [0.2, 0.25) is 5.91 Å². The van der Waals surface area contributed by atoms with E-state index in [-0.39, 0.29) is 11.9 Å². The van der Waals surface area contributed by atoms with Gasteiger partial charge in [0.25, 0.3) is 0 Å². The van der Waals surface area contributed by atoms with E-state index in [0.29, 0.717) is 13.1 Å². The highest BCUT2D eigenvalue weighted by Gasteiger charge is 2.23. The Hall–Kier alpha value is -2.14. The van der Waals surface area contributed by atoms with Crippen molar-refractivity contribution in [1.82, 2.24) is 20.0 Å². The minimum Gasteiger partial charge on any atom is -0.353 e. The molecule has 1 N–H and O–H groups in total. The fourth-order valence-corrected chi connectivity index (χ4v) is 2.93. The molecule has 0 radical (unpaired) electrons. The summed E-state index contributed by atoms with van der Waals surface area (Å²) in [5.41, 5.74) is 5.59. The summed E-state index contributed by atoms with van der Waals surface area (Å²) in [5, 5.41) is 7.57. The molecule has 130 valence electrons. The molecular weight excluding hydrogens is 300 g/mol. The summed E-state index contributed by atoms with van der Waals surface area (Å²) in [4.78, 5) is 14.7. The molecule has 0 spiro atoms. The number of hydrogen-bond donors (Lipinski definition) is 1. The first kappa shape index (κ1) is 18.2. The average molecular weight is 328 g/mol. The Labute approximate surface area is 144 Å². The van der Waals surface area contributed by atoms with E-state index >= 15 is 0 Å². The average Bonchev–Trinajstić information content (AvgIpc) is 2.76. The lowest BCUT2D eigenvalue weighted by atomic mass is 10.00. The van der Waals surface area contributed by atoms with Crippen LogP contribution in [0.4, 0.5) is 0 Å². The fraction of sp³-hybridized carbons (Fsp3) is 0.474. The van der Waals surface area contributed by atoms with Crippen molar-refractivity contribution in [2.75, 3.05) is 20.6 Å². The highest BCUT2D eigenvalue weighted by molar-refractivity contribution is 5.83. The molecule has 5 heteroatoms. The molecule has 24 heavy (non-hydrogen) atoms. The first-order valence-electron chi connectivity index (χ1n) is 8.33. The SMILES string of the molecule is Cc1ccccc1[C@@H](C(=O)NCCn1nc(C)c(C)c1C)N(C)C. The lowest BCUT2D eigenvalue weighted by Gasteiger charge is -2.25. The second-order valence-electron chi connectivity index (χ2n) is 6.53. The molecule has 0 aliphatic carbocycles. The van der Waals surface area contributed by atoms with Gasteiger partial charge in [-0.3, -0.25) is 14.4 Å². The minimum atomic E-state index is -0.284. The van der Waals surface area contributed by atoms with Gasteiger partial charge in [0.15, 0.2) is 0 Å². The number of nitrogens with zero attached hydrogens (tertiary/aromatic N) is 3. The number of rotatable bonds is 6. The molecule has 0 unspecified atom stereocenters. The molecule has 1 aromatic carbocycles. The molecule has 1 amide bonds. The van der Waals surface area contributed by atoms with E-state index < -0.39 is 0 Å². The van der Waals surface area contributed by atoms with E-state index in [0.717, 1.165) is 22.5 Å². The van der Waals surface area contributed by atoms with Crippen molar-refractivity contribution in [2.24, 2.45) is 0 Å². The van der Waals surface area contributed by atoms with Crippen molar-refractivity contribution in [3.8, 4) is 0 Å². The van der Waals surface area contributed by atoms with E-state index in [1.165, 1.54) is 5.56 Å². The van der Waals surface area contributed by atoms with Gasteiger partial charge in [0.05, 0.1) is 12.2 Å². The highest BCUT2D eigenvalue weighted by atomic mass is 16.2. The van der Waals surface area contributed by atoms with Crippen molar-refractivity contribution in [2.45, 2.75) is 40.3 Å². The number of hydrogen-bond acceptors (Lipinski definition) is 3. The zero-order chi connectivity index (χ0) is 17.9. The quantitative estimate of drug-likeness (QED) is 0.886. The van der Waals surface area contributed by atoms with Crippen LogP contribution in [-0.2, 0) is 11.3 Å². The van der Waals surface area contributed by atoms with Crippen molar-refractivity contribution in [3.05, 3.63) is 52.3 Å². The smallest absolute Gasteiger partial charge is 0.242 e. The van der Waals surface area contributed by atoms with Crippen molar-refractivity contribution < 1.29 is 4.79 Å². The standard InChI is InChI=1S/C19H28N4O/c1-13-9-7-8-10-17(13)18(22(5)6)19(24)20-11-12-23-16(4)14(2)15(3)21-23/h7-10,18H,11-12H2,1-6H3,(H,20,24)/t18-/m0/s1. The predicted octanol–water partition coefficient (Wildman–Crippen LogP) is 2.54. The molecule has 2 rings (SSSR count). The maximum Gasteiger partial charge on any atom is 0.242 e. The Balaban J connectivity index is 2.04. The molecule has 0 fully saturated rings. The molecule has 0 saturated heterocycles. The Morgan fingerprint density at radius 1 is 1.21 bits per heavy atom. The van der Waals surface area contributed by atoms with Gasteiger partial charge in [0, 0.05) is 12.2 Å². The largest absolute Gasteiger partial charge is 0.353 e. The van der Waals surface area contributed by atoms with E-state index in [4.69, 9.17) is 0 Å². The topological polar surface area (TPSA) is 50.2 Å². The van der Waals surface area contributed by atoms with E-state index in [1.54, 1.807) is 0 Å². The minimum absolute atomic E-state index is 0.0209. The fourth-order valence-electron chi connectivity index (χ4n) is 2.93. The summed E-state index contributed by atoms with van der Waals surface area (Å²) in [6.45, 7) is 9.44. The zero-order valence-corrected chi connectivity index (χ0v) is 15.6. The number of amides is 1. The maximum absolute atomic E-state index is 12.7. The Morgan fingerprint density at radius 3 is 2.42 bits per heavy atom. The second-order valence-corrected chi connectivity index (χ2v) is 6.53. The monoisotopic (exact) mass is 328 g/mol. The lowest BCUT2D eigenvalue weighted by molar-refractivity contribution is -0.125. The maximum atomic E-state index is 12.7. The van der Waals surface area contributed by atoms with Crippen molar-refractivity contribution in [3.63, 3.8) is 0 Å².